The van der Waals surface area contributed by atoms with Gasteiger partial charge in [0.25, 0.3) is 0 Å². The first-order valence-electron chi connectivity index (χ1n) is 5.83. The Hall–Kier alpha value is -1.44. The lowest BCUT2D eigenvalue weighted by molar-refractivity contribution is -0.170. The van der Waals surface area contributed by atoms with E-state index in [1.54, 1.807) is 0 Å². The van der Waals surface area contributed by atoms with Crippen molar-refractivity contribution < 1.29 is 27.8 Å². The molecule has 1 aromatic carbocycles. The fourth-order valence-corrected chi connectivity index (χ4v) is 4.08. The summed E-state index contributed by atoms with van der Waals surface area (Å²) in [6.45, 7) is 0.744. The van der Waals surface area contributed by atoms with E-state index in [1.165, 1.54) is 18.2 Å². The van der Waals surface area contributed by atoms with Gasteiger partial charge >= 0.3 is 5.97 Å². The summed E-state index contributed by atoms with van der Waals surface area (Å²) < 4.78 is 35.2. The number of hydrogen-bond acceptors (Lipinski definition) is 5. The standard InChI is InChI=1S/C12H12O6S/c13-11(14)8-1-2-10-9(7-8)12(17-4-5-18-12)3-6-19(10,15)16/h1-2,7H,3-6H2,(H,13,14). The third-order valence-corrected chi connectivity index (χ3v) is 5.19. The summed E-state index contributed by atoms with van der Waals surface area (Å²) >= 11 is 0. The molecule has 1 fully saturated rings. The Morgan fingerprint density at radius 1 is 1.26 bits per heavy atom. The molecule has 1 saturated heterocycles. The predicted molar refractivity (Wildman–Crippen MR) is 63.7 cm³/mol. The van der Waals surface area contributed by atoms with E-state index in [4.69, 9.17) is 14.6 Å². The number of sulfone groups is 1. The molecule has 3 rings (SSSR count). The van der Waals surface area contributed by atoms with Gasteiger partial charge in [-0.05, 0) is 18.2 Å². The van der Waals surface area contributed by atoms with E-state index in [0.717, 1.165) is 0 Å². The lowest BCUT2D eigenvalue weighted by Crippen LogP contribution is -2.36. The maximum Gasteiger partial charge on any atom is 0.335 e. The fourth-order valence-electron chi connectivity index (χ4n) is 2.50. The number of hydrogen-bond donors (Lipinski definition) is 1. The molecule has 2 aliphatic heterocycles. The molecule has 0 radical (unpaired) electrons. The summed E-state index contributed by atoms with van der Waals surface area (Å²) in [5.74, 6) is -2.28. The van der Waals surface area contributed by atoms with Gasteiger partial charge in [-0.1, -0.05) is 0 Å². The molecule has 19 heavy (non-hydrogen) atoms. The third-order valence-electron chi connectivity index (χ3n) is 3.43. The van der Waals surface area contributed by atoms with Crippen LogP contribution in [0.5, 0.6) is 0 Å². The van der Waals surface area contributed by atoms with Crippen molar-refractivity contribution in [2.24, 2.45) is 0 Å². The number of fused-ring (bicyclic) bond motifs is 2. The quantitative estimate of drug-likeness (QED) is 0.819. The molecular formula is C12H12O6S. The number of carboxylic acids is 1. The Kier molecular flexibility index (Phi) is 2.67. The highest BCUT2D eigenvalue weighted by Crippen LogP contribution is 2.43. The number of rotatable bonds is 1. The predicted octanol–water partition coefficient (Wildman–Crippen LogP) is 0.762. The van der Waals surface area contributed by atoms with Crippen LogP contribution in [0.3, 0.4) is 0 Å². The first-order valence-corrected chi connectivity index (χ1v) is 7.48. The van der Waals surface area contributed by atoms with Gasteiger partial charge in [0.1, 0.15) is 0 Å². The first kappa shape index (κ1) is 12.6. The van der Waals surface area contributed by atoms with Gasteiger partial charge in [-0.15, -0.1) is 0 Å². The summed E-state index contributed by atoms with van der Waals surface area (Å²) in [4.78, 5) is 11.1. The van der Waals surface area contributed by atoms with Crippen LogP contribution in [0.25, 0.3) is 0 Å². The van der Waals surface area contributed by atoms with E-state index < -0.39 is 21.6 Å². The van der Waals surface area contributed by atoms with Crippen LogP contribution in [0.2, 0.25) is 0 Å². The van der Waals surface area contributed by atoms with Gasteiger partial charge in [-0.2, -0.15) is 0 Å². The molecule has 0 saturated carbocycles. The lowest BCUT2D eigenvalue weighted by atomic mass is 10.00. The van der Waals surface area contributed by atoms with Crippen LogP contribution >= 0.6 is 0 Å². The van der Waals surface area contributed by atoms with E-state index in [2.05, 4.69) is 0 Å². The average Bonchev–Trinajstić information content (AvgIpc) is 2.84. The van der Waals surface area contributed by atoms with E-state index in [1.807, 2.05) is 0 Å². The van der Waals surface area contributed by atoms with Crippen molar-refractivity contribution in [2.45, 2.75) is 17.1 Å². The molecule has 0 amide bonds. The molecule has 1 aromatic rings. The lowest BCUT2D eigenvalue weighted by Gasteiger charge is -2.33. The fraction of sp³-hybridized carbons (Fsp3) is 0.417. The van der Waals surface area contributed by atoms with Crippen molar-refractivity contribution in [2.75, 3.05) is 19.0 Å². The zero-order valence-electron chi connectivity index (χ0n) is 9.96. The van der Waals surface area contributed by atoms with Crippen molar-refractivity contribution in [3.05, 3.63) is 29.3 Å². The van der Waals surface area contributed by atoms with Gasteiger partial charge in [0.15, 0.2) is 15.6 Å². The summed E-state index contributed by atoms with van der Waals surface area (Å²) in [7, 11) is -3.40. The molecule has 2 heterocycles. The van der Waals surface area contributed by atoms with Crippen LogP contribution in [0.1, 0.15) is 22.3 Å². The van der Waals surface area contributed by atoms with Gasteiger partial charge in [0.05, 0.1) is 29.4 Å². The average molecular weight is 284 g/mol. The van der Waals surface area contributed by atoms with Crippen molar-refractivity contribution in [3.63, 3.8) is 0 Å². The van der Waals surface area contributed by atoms with Crippen LogP contribution in [0.4, 0.5) is 0 Å². The third kappa shape index (κ3) is 1.85. The van der Waals surface area contributed by atoms with Gasteiger partial charge in [0.2, 0.25) is 0 Å². The highest BCUT2D eigenvalue weighted by atomic mass is 32.2. The van der Waals surface area contributed by atoms with Gasteiger partial charge in [-0.3, -0.25) is 0 Å². The number of ether oxygens (including phenoxy) is 2. The molecule has 0 aliphatic carbocycles. The van der Waals surface area contributed by atoms with Crippen molar-refractivity contribution >= 4 is 15.8 Å². The Morgan fingerprint density at radius 2 is 1.95 bits per heavy atom. The maximum absolute atomic E-state index is 12.0. The molecule has 1 N–H and O–H groups in total. The zero-order valence-corrected chi connectivity index (χ0v) is 10.8. The topological polar surface area (TPSA) is 89.9 Å². The summed E-state index contributed by atoms with van der Waals surface area (Å²) in [6, 6.07) is 3.94. The minimum Gasteiger partial charge on any atom is -0.478 e. The Labute approximate surface area is 109 Å². The van der Waals surface area contributed by atoms with Crippen LogP contribution in [0.15, 0.2) is 23.1 Å². The second-order valence-corrected chi connectivity index (χ2v) is 6.61. The van der Waals surface area contributed by atoms with Gasteiger partial charge in [-0.25, -0.2) is 13.2 Å². The zero-order chi connectivity index (χ0) is 13.7. The Balaban J connectivity index is 2.24. The molecule has 1 spiro atoms. The molecule has 6 nitrogen and oxygen atoms in total. The summed E-state index contributed by atoms with van der Waals surface area (Å²) in [5, 5.41) is 9.02. The number of benzene rings is 1. The molecule has 7 heteroatoms. The van der Waals surface area contributed by atoms with E-state index in [-0.39, 0.29) is 22.6 Å². The number of carboxylic acid groups (broad SMARTS) is 1. The molecule has 0 bridgehead atoms. The van der Waals surface area contributed by atoms with E-state index in [9.17, 15) is 13.2 Å². The minimum absolute atomic E-state index is 0.0225. The highest BCUT2D eigenvalue weighted by molar-refractivity contribution is 7.91. The highest BCUT2D eigenvalue weighted by Gasteiger charge is 2.47. The second kappa shape index (κ2) is 4.03. The van der Waals surface area contributed by atoms with Gasteiger partial charge < -0.3 is 14.6 Å². The van der Waals surface area contributed by atoms with Crippen LogP contribution in [0, 0.1) is 0 Å². The molecule has 0 aromatic heterocycles. The normalized spacial score (nSPS) is 23.2. The minimum atomic E-state index is -3.40. The molecular weight excluding hydrogens is 272 g/mol. The molecule has 0 unspecified atom stereocenters. The van der Waals surface area contributed by atoms with Crippen LogP contribution < -0.4 is 0 Å². The van der Waals surface area contributed by atoms with Crippen molar-refractivity contribution in [1.29, 1.82) is 0 Å². The Bertz CT molecular complexity index is 642. The summed E-state index contributed by atoms with van der Waals surface area (Å²) in [5.41, 5.74) is 0.325. The smallest absolute Gasteiger partial charge is 0.335 e. The van der Waals surface area contributed by atoms with E-state index >= 15 is 0 Å². The molecule has 0 atom stereocenters. The van der Waals surface area contributed by atoms with Crippen molar-refractivity contribution in [1.82, 2.24) is 0 Å². The maximum atomic E-state index is 12.0. The summed E-state index contributed by atoms with van der Waals surface area (Å²) in [6.07, 6.45) is 0.186. The monoisotopic (exact) mass is 284 g/mol. The largest absolute Gasteiger partial charge is 0.478 e. The number of aromatic carboxylic acids is 1. The van der Waals surface area contributed by atoms with Gasteiger partial charge in [0, 0.05) is 12.0 Å². The first-order chi connectivity index (χ1) is 8.95. The molecule has 2 aliphatic rings. The van der Waals surface area contributed by atoms with Crippen LogP contribution in [-0.4, -0.2) is 38.5 Å². The molecule has 102 valence electrons. The number of carbonyl (C=O) groups is 1. The van der Waals surface area contributed by atoms with Crippen LogP contribution in [-0.2, 0) is 25.1 Å². The van der Waals surface area contributed by atoms with E-state index in [0.29, 0.717) is 18.8 Å². The Morgan fingerprint density at radius 3 is 2.58 bits per heavy atom. The van der Waals surface area contributed by atoms with Crippen molar-refractivity contribution in [3.8, 4) is 0 Å². The SMILES string of the molecule is O=C(O)c1ccc2c(c1)C1(CCS2(=O)=O)OCCO1. The second-order valence-electron chi connectivity index (χ2n) is 4.53.